The first-order valence-corrected chi connectivity index (χ1v) is 7.92. The van der Waals surface area contributed by atoms with Gasteiger partial charge in [0.15, 0.2) is 0 Å². The van der Waals surface area contributed by atoms with Crippen LogP contribution in [0.15, 0.2) is 30.6 Å². The van der Waals surface area contributed by atoms with E-state index in [2.05, 4.69) is 10.4 Å². The van der Waals surface area contributed by atoms with Crippen molar-refractivity contribution in [3.63, 3.8) is 0 Å². The van der Waals surface area contributed by atoms with Gasteiger partial charge in [-0.3, -0.25) is 4.68 Å². The molecule has 1 amide bonds. The van der Waals surface area contributed by atoms with Crippen LogP contribution >= 0.6 is 0 Å². The van der Waals surface area contributed by atoms with Gasteiger partial charge in [0.2, 0.25) is 0 Å². The topological polar surface area (TPSA) is 82.2 Å². The number of alkyl halides is 3. The van der Waals surface area contributed by atoms with E-state index < -0.39 is 23.4 Å². The van der Waals surface area contributed by atoms with Gasteiger partial charge in [0, 0.05) is 24.0 Å². The Balaban J connectivity index is 2.01. The number of nitrogens with one attached hydrogen (secondary N) is 1. The van der Waals surface area contributed by atoms with E-state index in [1.165, 1.54) is 23.0 Å². The van der Waals surface area contributed by atoms with Crippen molar-refractivity contribution >= 4 is 11.8 Å². The van der Waals surface area contributed by atoms with E-state index in [1.54, 1.807) is 27.0 Å². The van der Waals surface area contributed by atoms with Gasteiger partial charge >= 0.3 is 12.3 Å². The average molecular weight is 370 g/mol. The number of nitrogens with two attached hydrogens (primary N) is 1. The Labute approximate surface area is 149 Å². The Morgan fingerprint density at radius 2 is 1.96 bits per heavy atom. The summed E-state index contributed by atoms with van der Waals surface area (Å²) in [7, 11) is 0. The van der Waals surface area contributed by atoms with Crippen LogP contribution in [0.25, 0.3) is 11.1 Å². The summed E-state index contributed by atoms with van der Waals surface area (Å²) in [4.78, 5) is 11.6. The quantitative estimate of drug-likeness (QED) is 0.805. The number of hydrogen-bond donors (Lipinski definition) is 2. The van der Waals surface area contributed by atoms with E-state index in [1.807, 2.05) is 0 Å². The number of hydrogen-bond acceptors (Lipinski definition) is 4. The molecule has 0 aliphatic carbocycles. The van der Waals surface area contributed by atoms with E-state index >= 15 is 0 Å². The summed E-state index contributed by atoms with van der Waals surface area (Å²) in [6.07, 6.45) is -2.01. The molecule has 6 nitrogen and oxygen atoms in total. The van der Waals surface area contributed by atoms with Gasteiger partial charge in [-0.2, -0.15) is 18.3 Å². The molecule has 0 bridgehead atoms. The van der Waals surface area contributed by atoms with Gasteiger partial charge < -0.3 is 15.8 Å². The lowest BCUT2D eigenvalue weighted by Crippen LogP contribution is -2.34. The zero-order chi connectivity index (χ0) is 19.5. The molecular formula is C17H21F3N4O2. The van der Waals surface area contributed by atoms with Gasteiger partial charge in [0.25, 0.3) is 0 Å². The zero-order valence-corrected chi connectivity index (χ0v) is 14.7. The van der Waals surface area contributed by atoms with Crippen molar-refractivity contribution < 1.29 is 22.7 Å². The lowest BCUT2D eigenvalue weighted by molar-refractivity contribution is -0.136. The molecule has 2 rings (SSSR count). The average Bonchev–Trinajstić information content (AvgIpc) is 2.93. The highest BCUT2D eigenvalue weighted by molar-refractivity contribution is 5.68. The molecule has 3 N–H and O–H groups in total. The van der Waals surface area contributed by atoms with Gasteiger partial charge in [-0.05, 0) is 38.5 Å². The van der Waals surface area contributed by atoms with Crippen LogP contribution in [-0.2, 0) is 17.5 Å². The monoisotopic (exact) mass is 370 g/mol. The Hall–Kier alpha value is -2.71. The minimum Gasteiger partial charge on any atom is -0.444 e. The van der Waals surface area contributed by atoms with Crippen LogP contribution in [0.4, 0.5) is 23.7 Å². The van der Waals surface area contributed by atoms with E-state index in [0.29, 0.717) is 17.7 Å². The number of alkyl carbamates (subject to hydrolysis) is 1. The third-order valence-electron chi connectivity index (χ3n) is 3.33. The van der Waals surface area contributed by atoms with Crippen molar-refractivity contribution in [1.82, 2.24) is 15.1 Å². The summed E-state index contributed by atoms with van der Waals surface area (Å²) in [5.41, 5.74) is 4.49. The van der Waals surface area contributed by atoms with Crippen molar-refractivity contribution in [3.05, 3.63) is 36.2 Å². The molecule has 0 atom stereocenters. The number of rotatable bonds is 4. The Morgan fingerprint density at radius 1 is 1.27 bits per heavy atom. The molecule has 0 fully saturated rings. The molecule has 0 spiro atoms. The van der Waals surface area contributed by atoms with Crippen molar-refractivity contribution in [2.75, 3.05) is 12.3 Å². The van der Waals surface area contributed by atoms with Crippen molar-refractivity contribution in [3.8, 4) is 11.1 Å². The van der Waals surface area contributed by atoms with E-state index in [9.17, 15) is 18.0 Å². The maximum absolute atomic E-state index is 13.0. The second kappa shape index (κ2) is 7.27. The first-order chi connectivity index (χ1) is 12.0. The van der Waals surface area contributed by atoms with Crippen LogP contribution in [0.5, 0.6) is 0 Å². The van der Waals surface area contributed by atoms with Crippen LogP contribution in [0, 0.1) is 0 Å². The molecule has 0 aliphatic rings. The Kier molecular flexibility index (Phi) is 5.48. The molecule has 0 radical (unpaired) electrons. The van der Waals surface area contributed by atoms with Crippen LogP contribution in [-0.4, -0.2) is 28.0 Å². The number of ether oxygens (including phenoxy) is 1. The van der Waals surface area contributed by atoms with Gasteiger partial charge in [0.05, 0.1) is 18.3 Å². The smallest absolute Gasteiger partial charge is 0.418 e. The summed E-state index contributed by atoms with van der Waals surface area (Å²) in [6.45, 7) is 5.89. The standard InChI is InChI=1S/C17H21F3N4O2/c1-16(2,3)26-15(25)22-6-7-24-10-12(9-23-24)11-4-5-14(21)13(8-11)17(18,19)20/h4-5,8-10H,6-7,21H2,1-3H3,(H,22,25). The summed E-state index contributed by atoms with van der Waals surface area (Å²) in [5, 5.41) is 6.68. The van der Waals surface area contributed by atoms with Crippen molar-refractivity contribution in [2.45, 2.75) is 39.1 Å². The largest absolute Gasteiger partial charge is 0.444 e. The predicted molar refractivity (Wildman–Crippen MR) is 91.3 cm³/mol. The lowest BCUT2D eigenvalue weighted by atomic mass is 10.0. The highest BCUT2D eigenvalue weighted by Gasteiger charge is 2.33. The molecule has 142 valence electrons. The Bertz CT molecular complexity index is 779. The molecule has 1 aromatic carbocycles. The number of halogens is 3. The maximum Gasteiger partial charge on any atom is 0.418 e. The van der Waals surface area contributed by atoms with E-state index in [0.717, 1.165) is 6.07 Å². The fourth-order valence-corrected chi connectivity index (χ4v) is 2.20. The number of anilines is 1. The molecule has 0 saturated carbocycles. The second-order valence-electron chi connectivity index (χ2n) is 6.72. The van der Waals surface area contributed by atoms with Crippen molar-refractivity contribution in [1.29, 1.82) is 0 Å². The second-order valence-corrected chi connectivity index (χ2v) is 6.72. The Morgan fingerprint density at radius 3 is 2.58 bits per heavy atom. The van der Waals surface area contributed by atoms with Crippen LogP contribution in [0.1, 0.15) is 26.3 Å². The molecule has 1 heterocycles. The number of benzene rings is 1. The van der Waals surface area contributed by atoms with Crippen LogP contribution < -0.4 is 11.1 Å². The molecular weight excluding hydrogens is 349 g/mol. The first-order valence-electron chi connectivity index (χ1n) is 7.92. The number of nitrogens with zero attached hydrogens (tertiary/aromatic N) is 2. The molecule has 2 aromatic rings. The van der Waals surface area contributed by atoms with Gasteiger partial charge in [0.1, 0.15) is 5.60 Å². The number of carbonyl (C=O) groups is 1. The molecule has 9 heteroatoms. The van der Waals surface area contributed by atoms with Crippen molar-refractivity contribution in [2.24, 2.45) is 0 Å². The summed E-state index contributed by atoms with van der Waals surface area (Å²) in [6, 6.07) is 3.72. The van der Waals surface area contributed by atoms with Crippen LogP contribution in [0.2, 0.25) is 0 Å². The third-order valence-corrected chi connectivity index (χ3v) is 3.33. The minimum atomic E-state index is -4.52. The summed E-state index contributed by atoms with van der Waals surface area (Å²) >= 11 is 0. The lowest BCUT2D eigenvalue weighted by Gasteiger charge is -2.19. The molecule has 0 aliphatic heterocycles. The normalized spacial score (nSPS) is 12.1. The van der Waals surface area contributed by atoms with E-state index in [4.69, 9.17) is 10.5 Å². The fraction of sp³-hybridized carbons (Fsp3) is 0.412. The number of nitrogen functional groups attached to an aromatic ring is 1. The third kappa shape index (κ3) is 5.40. The van der Waals surface area contributed by atoms with Gasteiger partial charge in [-0.25, -0.2) is 4.79 Å². The number of carbonyl (C=O) groups excluding carboxylic acids is 1. The summed E-state index contributed by atoms with van der Waals surface area (Å²) < 4.78 is 45.5. The SMILES string of the molecule is CC(C)(C)OC(=O)NCCn1cc(-c2ccc(N)c(C(F)(F)F)c2)cn1. The summed E-state index contributed by atoms with van der Waals surface area (Å²) in [5.74, 6) is 0. The van der Waals surface area contributed by atoms with E-state index in [-0.39, 0.29) is 12.2 Å². The first kappa shape index (κ1) is 19.6. The fourth-order valence-electron chi connectivity index (χ4n) is 2.20. The highest BCUT2D eigenvalue weighted by Crippen LogP contribution is 2.36. The van der Waals surface area contributed by atoms with Gasteiger partial charge in [-0.15, -0.1) is 0 Å². The number of amides is 1. The minimum absolute atomic E-state index is 0.269. The maximum atomic E-state index is 13.0. The molecule has 0 unspecified atom stereocenters. The highest BCUT2D eigenvalue weighted by atomic mass is 19.4. The van der Waals surface area contributed by atoms with Gasteiger partial charge in [-0.1, -0.05) is 6.07 Å². The van der Waals surface area contributed by atoms with Crippen LogP contribution in [0.3, 0.4) is 0 Å². The molecule has 26 heavy (non-hydrogen) atoms. The predicted octanol–water partition coefficient (Wildman–Crippen LogP) is 3.68. The molecule has 0 saturated heterocycles. The number of aromatic nitrogens is 2. The molecule has 1 aromatic heterocycles. The zero-order valence-electron chi connectivity index (χ0n) is 14.7.